The Kier molecular flexibility index (Phi) is 4.40. The Bertz CT molecular complexity index is 287. The van der Waals surface area contributed by atoms with Crippen LogP contribution in [0.3, 0.4) is 0 Å². The Balaban J connectivity index is 2.67. The first kappa shape index (κ1) is 11.0. The van der Waals surface area contributed by atoms with Crippen LogP contribution in [0.1, 0.15) is 12.5 Å². The molecule has 0 aliphatic heterocycles. The largest absolute Gasteiger partial charge is 0.491 e. The van der Waals surface area contributed by atoms with Gasteiger partial charge in [0.2, 0.25) is 0 Å². The van der Waals surface area contributed by atoms with Crippen molar-refractivity contribution in [1.29, 1.82) is 0 Å². The zero-order valence-electron chi connectivity index (χ0n) is 8.55. The van der Waals surface area contributed by atoms with Gasteiger partial charge < -0.3 is 9.47 Å². The fraction of sp³-hybridized carbons (Fsp3) is 0.455. The van der Waals surface area contributed by atoms with Gasteiger partial charge in [0, 0.05) is 13.2 Å². The lowest BCUT2D eigenvalue weighted by Crippen LogP contribution is -2.06. The topological polar surface area (TPSA) is 18.5 Å². The molecule has 0 heterocycles. The summed E-state index contributed by atoms with van der Waals surface area (Å²) in [5.74, 6) is 0.346. The Morgan fingerprint density at radius 2 is 2.07 bits per heavy atom. The maximum atomic E-state index is 12.9. The van der Waals surface area contributed by atoms with Gasteiger partial charge in [0.25, 0.3) is 0 Å². The van der Waals surface area contributed by atoms with Gasteiger partial charge in [-0.3, -0.25) is 0 Å². The Morgan fingerprint density at radius 1 is 1.29 bits per heavy atom. The molecule has 0 fully saturated rings. The molecule has 0 saturated carbocycles. The number of ether oxygens (including phenoxy) is 2. The third-order valence-electron chi connectivity index (χ3n) is 1.96. The summed E-state index contributed by atoms with van der Waals surface area (Å²) in [5.41, 5.74) is 1.02. The van der Waals surface area contributed by atoms with Crippen molar-refractivity contribution in [2.24, 2.45) is 0 Å². The number of aryl methyl sites for hydroxylation is 1. The predicted octanol–water partition coefficient (Wildman–Crippen LogP) is 2.41. The molecule has 14 heavy (non-hydrogen) atoms. The van der Waals surface area contributed by atoms with Crippen molar-refractivity contribution in [3.8, 4) is 5.75 Å². The summed E-state index contributed by atoms with van der Waals surface area (Å²) in [4.78, 5) is 0. The van der Waals surface area contributed by atoms with Crippen molar-refractivity contribution in [2.75, 3.05) is 20.3 Å². The van der Waals surface area contributed by atoms with E-state index in [2.05, 4.69) is 0 Å². The Morgan fingerprint density at radius 3 is 2.71 bits per heavy atom. The van der Waals surface area contributed by atoms with Crippen LogP contribution in [0, 0.1) is 5.82 Å². The van der Waals surface area contributed by atoms with Crippen molar-refractivity contribution in [3.63, 3.8) is 0 Å². The van der Waals surface area contributed by atoms with E-state index in [1.54, 1.807) is 13.2 Å². The standard InChI is InChI=1S/C11H15FO2/c1-3-9-4-5-10(12)8-11(9)14-7-6-13-2/h4-5,8H,3,6-7H2,1-2H3. The quantitative estimate of drug-likeness (QED) is 0.676. The lowest BCUT2D eigenvalue weighted by atomic mass is 10.1. The van der Waals surface area contributed by atoms with Gasteiger partial charge in [-0.2, -0.15) is 0 Å². The van der Waals surface area contributed by atoms with Crippen LogP contribution in [0.4, 0.5) is 4.39 Å². The summed E-state index contributed by atoms with van der Waals surface area (Å²) in [5, 5.41) is 0. The summed E-state index contributed by atoms with van der Waals surface area (Å²) in [6.07, 6.45) is 0.836. The molecule has 0 amide bonds. The molecule has 0 N–H and O–H groups in total. The van der Waals surface area contributed by atoms with Gasteiger partial charge in [0.1, 0.15) is 18.2 Å². The van der Waals surface area contributed by atoms with Crippen LogP contribution in [0.15, 0.2) is 18.2 Å². The van der Waals surface area contributed by atoms with Crippen molar-refractivity contribution in [3.05, 3.63) is 29.6 Å². The Labute approximate surface area is 83.6 Å². The average Bonchev–Trinajstić information content (AvgIpc) is 2.19. The molecule has 2 nitrogen and oxygen atoms in total. The molecule has 3 heteroatoms. The molecular formula is C11H15FO2. The van der Waals surface area contributed by atoms with E-state index in [0.717, 1.165) is 12.0 Å². The lowest BCUT2D eigenvalue weighted by molar-refractivity contribution is 0.145. The molecule has 0 saturated heterocycles. The molecule has 0 bridgehead atoms. The van der Waals surface area contributed by atoms with Crippen LogP contribution >= 0.6 is 0 Å². The lowest BCUT2D eigenvalue weighted by Gasteiger charge is -2.09. The highest BCUT2D eigenvalue weighted by molar-refractivity contribution is 5.33. The van der Waals surface area contributed by atoms with Gasteiger partial charge in [0.05, 0.1) is 6.61 Å². The maximum absolute atomic E-state index is 12.9. The molecular weight excluding hydrogens is 183 g/mol. The van der Waals surface area contributed by atoms with Crippen molar-refractivity contribution in [1.82, 2.24) is 0 Å². The molecule has 0 radical (unpaired) electrons. The second-order valence-corrected chi connectivity index (χ2v) is 2.95. The molecule has 0 spiro atoms. The summed E-state index contributed by atoms with van der Waals surface area (Å²) >= 11 is 0. The van der Waals surface area contributed by atoms with Crippen LogP contribution in [-0.2, 0) is 11.2 Å². The highest BCUT2D eigenvalue weighted by Gasteiger charge is 2.03. The molecule has 1 aromatic carbocycles. The van der Waals surface area contributed by atoms with Gasteiger partial charge in [0.15, 0.2) is 0 Å². The average molecular weight is 198 g/mol. The van der Waals surface area contributed by atoms with E-state index in [9.17, 15) is 4.39 Å². The fourth-order valence-corrected chi connectivity index (χ4v) is 1.19. The first-order valence-electron chi connectivity index (χ1n) is 4.68. The minimum absolute atomic E-state index is 0.269. The molecule has 0 aliphatic rings. The van der Waals surface area contributed by atoms with Gasteiger partial charge in [-0.15, -0.1) is 0 Å². The first-order valence-corrected chi connectivity index (χ1v) is 4.68. The second-order valence-electron chi connectivity index (χ2n) is 2.95. The summed E-state index contributed by atoms with van der Waals surface area (Å²) in [6, 6.07) is 4.61. The number of methoxy groups -OCH3 is 1. The van der Waals surface area contributed by atoms with E-state index in [0.29, 0.717) is 19.0 Å². The Hall–Kier alpha value is -1.09. The monoisotopic (exact) mass is 198 g/mol. The van der Waals surface area contributed by atoms with E-state index >= 15 is 0 Å². The van der Waals surface area contributed by atoms with E-state index in [1.807, 2.05) is 6.92 Å². The molecule has 78 valence electrons. The number of hydrogen-bond donors (Lipinski definition) is 0. The van der Waals surface area contributed by atoms with Crippen LogP contribution in [0.5, 0.6) is 5.75 Å². The predicted molar refractivity (Wildman–Crippen MR) is 53.1 cm³/mol. The smallest absolute Gasteiger partial charge is 0.126 e. The molecule has 0 unspecified atom stereocenters. The van der Waals surface area contributed by atoms with Crippen molar-refractivity contribution < 1.29 is 13.9 Å². The third-order valence-corrected chi connectivity index (χ3v) is 1.96. The van der Waals surface area contributed by atoms with E-state index in [-0.39, 0.29) is 5.82 Å². The van der Waals surface area contributed by atoms with Crippen LogP contribution < -0.4 is 4.74 Å². The highest BCUT2D eigenvalue weighted by Crippen LogP contribution is 2.20. The summed E-state index contributed by atoms with van der Waals surface area (Å²) in [7, 11) is 1.61. The molecule has 0 atom stereocenters. The molecule has 1 aromatic rings. The van der Waals surface area contributed by atoms with Crippen molar-refractivity contribution >= 4 is 0 Å². The number of benzene rings is 1. The normalized spacial score (nSPS) is 10.2. The van der Waals surface area contributed by atoms with E-state index in [4.69, 9.17) is 9.47 Å². The zero-order valence-corrected chi connectivity index (χ0v) is 8.55. The van der Waals surface area contributed by atoms with Gasteiger partial charge >= 0.3 is 0 Å². The zero-order chi connectivity index (χ0) is 10.4. The van der Waals surface area contributed by atoms with Crippen LogP contribution in [0.25, 0.3) is 0 Å². The van der Waals surface area contributed by atoms with E-state index < -0.39 is 0 Å². The van der Waals surface area contributed by atoms with Crippen molar-refractivity contribution in [2.45, 2.75) is 13.3 Å². The minimum Gasteiger partial charge on any atom is -0.491 e. The fourth-order valence-electron chi connectivity index (χ4n) is 1.19. The summed E-state index contributed by atoms with van der Waals surface area (Å²) < 4.78 is 23.1. The molecule has 0 aromatic heterocycles. The van der Waals surface area contributed by atoms with Crippen LogP contribution in [0.2, 0.25) is 0 Å². The van der Waals surface area contributed by atoms with Crippen LogP contribution in [-0.4, -0.2) is 20.3 Å². The van der Waals surface area contributed by atoms with Gasteiger partial charge in [-0.1, -0.05) is 13.0 Å². The number of halogens is 1. The number of hydrogen-bond acceptors (Lipinski definition) is 2. The second kappa shape index (κ2) is 5.60. The molecule has 1 rings (SSSR count). The first-order chi connectivity index (χ1) is 6.77. The minimum atomic E-state index is -0.269. The van der Waals surface area contributed by atoms with E-state index in [1.165, 1.54) is 12.1 Å². The molecule has 0 aliphatic carbocycles. The third kappa shape index (κ3) is 3.00. The SMILES string of the molecule is CCc1ccc(F)cc1OCCOC. The van der Waals surface area contributed by atoms with Gasteiger partial charge in [-0.25, -0.2) is 4.39 Å². The number of rotatable bonds is 5. The summed E-state index contributed by atoms with van der Waals surface area (Å²) in [6.45, 7) is 2.98. The maximum Gasteiger partial charge on any atom is 0.126 e. The van der Waals surface area contributed by atoms with Gasteiger partial charge in [-0.05, 0) is 18.1 Å². The highest BCUT2D eigenvalue weighted by atomic mass is 19.1.